The first-order valence-electron chi connectivity index (χ1n) is 24.8. The van der Waals surface area contributed by atoms with Crippen molar-refractivity contribution in [1.82, 2.24) is 42.2 Å². The van der Waals surface area contributed by atoms with E-state index in [0.29, 0.717) is 24.0 Å². The minimum Gasteiger partial charge on any atom is -0.508 e. The van der Waals surface area contributed by atoms with Gasteiger partial charge in [0.25, 0.3) is 0 Å². The average Bonchev–Trinajstić information content (AvgIpc) is 3.77. The number of phenols is 1. The maximum absolute atomic E-state index is 14.9. The van der Waals surface area contributed by atoms with Gasteiger partial charge in [0.05, 0.1) is 12.1 Å². The number of aromatic nitrogens is 1. The van der Waals surface area contributed by atoms with Gasteiger partial charge >= 0.3 is 0 Å². The van der Waals surface area contributed by atoms with E-state index < -0.39 is 112 Å². The third-order valence-corrected chi connectivity index (χ3v) is 16.0. The molecule has 9 atom stereocenters. The second-order valence-corrected chi connectivity index (χ2v) is 22.5. The second kappa shape index (κ2) is 27.8. The van der Waals surface area contributed by atoms with Crippen LogP contribution in [0.4, 0.5) is 0 Å². The van der Waals surface area contributed by atoms with Crippen LogP contribution >= 0.6 is 21.6 Å². The normalized spacial score (nSPS) is 22.5. The Hall–Kier alpha value is -6.66. The topological polar surface area (TPSA) is 355 Å². The lowest BCUT2D eigenvalue weighted by atomic mass is 9.97. The summed E-state index contributed by atoms with van der Waals surface area (Å²) >= 11 is 0. The summed E-state index contributed by atoms with van der Waals surface area (Å²) in [6.45, 7) is 8.06. The van der Waals surface area contributed by atoms with Gasteiger partial charge in [-0.25, -0.2) is 0 Å². The van der Waals surface area contributed by atoms with E-state index in [9.17, 15) is 48.6 Å². The molecule has 2 heterocycles. The Kier molecular flexibility index (Phi) is 21.9. The number of carbonyl (C=O) groups excluding carboxylic acids is 8. The van der Waals surface area contributed by atoms with Crippen molar-refractivity contribution >= 4 is 79.7 Å². The van der Waals surface area contributed by atoms with Gasteiger partial charge in [0, 0.05) is 40.4 Å². The number of aliphatic hydroxyl groups is 1. The van der Waals surface area contributed by atoms with Gasteiger partial charge in [-0.15, -0.1) is 0 Å². The highest BCUT2D eigenvalue weighted by Gasteiger charge is 2.42. The minimum atomic E-state index is -1.57. The number of hydrogen-bond donors (Lipinski definition) is 13. The summed E-state index contributed by atoms with van der Waals surface area (Å²) in [5.41, 5.74) is 20.5. The van der Waals surface area contributed by atoms with E-state index in [0.717, 1.165) is 38.1 Å². The fourth-order valence-corrected chi connectivity index (χ4v) is 11.2. The van der Waals surface area contributed by atoms with Gasteiger partial charge in [0.15, 0.2) is 0 Å². The number of unbranched alkanes of at least 4 members (excludes halogenated alkanes) is 1. The van der Waals surface area contributed by atoms with Crippen molar-refractivity contribution in [3.05, 3.63) is 102 Å². The molecule has 1 saturated heterocycles. The van der Waals surface area contributed by atoms with Crippen LogP contribution in [0.1, 0.15) is 70.6 Å². The summed E-state index contributed by atoms with van der Waals surface area (Å²) in [7, 11) is 2.06. The number of rotatable bonds is 17. The summed E-state index contributed by atoms with van der Waals surface area (Å²) < 4.78 is -1.34. The zero-order chi connectivity index (χ0) is 55.0. The molecule has 16 N–H and O–H groups in total. The maximum atomic E-state index is 14.9. The van der Waals surface area contributed by atoms with Crippen molar-refractivity contribution < 1.29 is 48.6 Å². The van der Waals surface area contributed by atoms with Gasteiger partial charge in [-0.3, -0.25) is 38.4 Å². The molecule has 5 rings (SSSR count). The Morgan fingerprint density at radius 1 is 0.760 bits per heavy atom. The number of benzene rings is 3. The molecule has 0 radical (unpaired) electrons. The van der Waals surface area contributed by atoms with Crippen LogP contribution in [0, 0.1) is 5.92 Å². The first kappa shape index (κ1) is 59.2. The highest BCUT2D eigenvalue weighted by Crippen LogP contribution is 2.39. The molecule has 1 aliphatic heterocycles. The summed E-state index contributed by atoms with van der Waals surface area (Å²) in [6, 6.07) is 11.3. The number of nitrogens with two attached hydrogens (primary N) is 3. The third kappa shape index (κ3) is 17.2. The Morgan fingerprint density at radius 3 is 2.01 bits per heavy atom. The van der Waals surface area contributed by atoms with Crippen LogP contribution in [-0.4, -0.2) is 134 Å². The minimum absolute atomic E-state index is 0.0503. The number of phenolic OH excluding ortho intramolecular Hbond substituents is 1. The van der Waals surface area contributed by atoms with Gasteiger partial charge in [0.2, 0.25) is 47.3 Å². The second-order valence-electron chi connectivity index (χ2n) is 19.5. The van der Waals surface area contributed by atoms with Gasteiger partial charge in [-0.1, -0.05) is 96.1 Å². The van der Waals surface area contributed by atoms with Crippen molar-refractivity contribution in [3.63, 3.8) is 0 Å². The lowest BCUT2D eigenvalue weighted by Gasteiger charge is -2.36. The molecule has 1 fully saturated rings. The number of aromatic hydroxyl groups is 1. The van der Waals surface area contributed by atoms with Gasteiger partial charge < -0.3 is 69.6 Å². The van der Waals surface area contributed by atoms with E-state index in [4.69, 9.17) is 17.2 Å². The number of primary amides is 1. The molecule has 0 bridgehead atoms. The first-order valence-corrected chi connectivity index (χ1v) is 27.1. The van der Waals surface area contributed by atoms with E-state index in [1.165, 1.54) is 19.1 Å². The van der Waals surface area contributed by atoms with Crippen molar-refractivity contribution in [2.24, 2.45) is 23.1 Å². The number of aliphatic hydroxyl groups excluding tert-OH is 1. The molecule has 0 unspecified atom stereocenters. The third-order valence-electron chi connectivity index (χ3n) is 12.7. The lowest BCUT2D eigenvalue weighted by Crippen LogP contribution is -2.64. The van der Waals surface area contributed by atoms with Crippen LogP contribution in [0.5, 0.6) is 5.75 Å². The van der Waals surface area contributed by atoms with Crippen molar-refractivity contribution in [1.29, 1.82) is 0 Å². The summed E-state index contributed by atoms with van der Waals surface area (Å²) in [4.78, 5) is 117. The summed E-state index contributed by atoms with van der Waals surface area (Å²) in [6.07, 6.45) is 1.05. The fraction of sp³-hybridized carbons (Fsp3) is 0.462. The zero-order valence-corrected chi connectivity index (χ0v) is 44.4. The molecule has 23 heteroatoms. The number of nitrogens with one attached hydrogen (secondary N) is 8. The SMILES string of the molecule is CC(C)[C@@H]1NC(=O)[C@H](CCCCN)NC(=O)[C@@H](Cc2c[nH]c3ccccc23)NC(=O)[C@H](Cc2ccc(O)cc2)NC(=O)[C@@H](NC(=O)[C@H](N)Cc2ccccc2)CSSC(C)(C)[C@@H](C(=O)N[C@H](C(N)=O)[C@@H](C)O)NC1=O. The summed E-state index contributed by atoms with van der Waals surface area (Å²) in [5, 5.41) is 40.4. The predicted molar refractivity (Wildman–Crippen MR) is 288 cm³/mol. The quantitative estimate of drug-likeness (QED) is 0.0505. The van der Waals surface area contributed by atoms with Crippen LogP contribution in [0.25, 0.3) is 10.9 Å². The monoisotopic (exact) mass is 1070 g/mol. The maximum Gasteiger partial charge on any atom is 0.244 e. The van der Waals surface area contributed by atoms with Crippen LogP contribution in [-0.2, 0) is 57.6 Å². The first-order chi connectivity index (χ1) is 35.6. The van der Waals surface area contributed by atoms with Crippen molar-refractivity contribution in [2.75, 3.05) is 12.3 Å². The molecule has 4 aromatic rings. The fourth-order valence-electron chi connectivity index (χ4n) is 8.35. The van der Waals surface area contributed by atoms with Crippen LogP contribution < -0.4 is 54.4 Å². The Bertz CT molecular complexity index is 2620. The molecular weight excluding hydrogens is 1000 g/mol. The zero-order valence-electron chi connectivity index (χ0n) is 42.7. The van der Waals surface area contributed by atoms with Crippen molar-refractivity contribution in [3.8, 4) is 5.75 Å². The number of aromatic amines is 1. The molecule has 3 aromatic carbocycles. The van der Waals surface area contributed by atoms with Gasteiger partial charge in [0.1, 0.15) is 48.0 Å². The highest BCUT2D eigenvalue weighted by molar-refractivity contribution is 8.77. The molecular formula is C52H71N11O10S2. The molecule has 1 aliphatic rings. The summed E-state index contributed by atoms with van der Waals surface area (Å²) in [5.74, 6) is -7.50. The van der Waals surface area contributed by atoms with Crippen LogP contribution in [0.15, 0.2) is 85.1 Å². The number of fused-ring (bicyclic) bond motifs is 1. The Labute approximate surface area is 444 Å². The van der Waals surface area contributed by atoms with E-state index >= 15 is 0 Å². The van der Waals surface area contributed by atoms with E-state index in [1.807, 2.05) is 30.3 Å². The number of carbonyl (C=O) groups is 8. The Balaban J connectivity index is 1.63. The molecule has 0 saturated carbocycles. The van der Waals surface area contributed by atoms with Gasteiger partial charge in [-0.2, -0.15) is 0 Å². The molecule has 75 heavy (non-hydrogen) atoms. The van der Waals surface area contributed by atoms with Crippen LogP contribution in [0.3, 0.4) is 0 Å². The molecule has 1 aromatic heterocycles. The molecule has 406 valence electrons. The molecule has 0 spiro atoms. The van der Waals surface area contributed by atoms with Gasteiger partial charge in [-0.05, 0) is 93.8 Å². The number of amides is 8. The Morgan fingerprint density at radius 2 is 1.37 bits per heavy atom. The van der Waals surface area contributed by atoms with E-state index in [1.54, 1.807) is 70.3 Å². The molecule has 0 aliphatic carbocycles. The molecule has 21 nitrogen and oxygen atoms in total. The largest absolute Gasteiger partial charge is 0.508 e. The lowest BCUT2D eigenvalue weighted by molar-refractivity contribution is -0.136. The predicted octanol–water partition coefficient (Wildman–Crippen LogP) is 0.447. The van der Waals surface area contributed by atoms with E-state index in [-0.39, 0.29) is 43.7 Å². The number of hydrogen-bond acceptors (Lipinski definition) is 14. The number of H-pyrrole nitrogens is 1. The molecule has 8 amide bonds. The smallest absolute Gasteiger partial charge is 0.244 e. The highest BCUT2D eigenvalue weighted by atomic mass is 33.1. The average molecular weight is 1070 g/mol. The standard InChI is InChI=1S/C52H71N11O10S2/c1-28(2)41-50(72)63-43(51(73)62-42(29(3)64)44(55)66)52(4,5)75-74-27-40(60-45(67)35(54)23-30-13-7-6-8-14-30)49(71)58-38(24-31-18-20-33(65)21-19-31)47(69)59-39(25-32-26-56-36-16-10-9-15-34(32)36)48(70)57-37(46(68)61-41)17-11-12-22-53/h6-10,13-16,18-21,26,28-29,35,37-43,56,64-65H,11-12,17,22-25,27,53-54H2,1-5H3,(H2,55,66)(H,57,70)(H,58,71)(H,59,69)(H,60,67)(H,61,68)(H,62,73)(H,63,72)/t29-,35-,37+,38+,39-,40+,41+,42+,43-/m1/s1. The van der Waals surface area contributed by atoms with E-state index in [2.05, 4.69) is 42.2 Å². The number of para-hydroxylation sites is 1. The van der Waals surface area contributed by atoms with Crippen molar-refractivity contribution in [2.45, 2.75) is 132 Å². The van der Waals surface area contributed by atoms with Crippen LogP contribution in [0.2, 0.25) is 0 Å².